The second-order valence-corrected chi connectivity index (χ2v) is 7.46. The monoisotopic (exact) mass is 330 g/mol. The maximum absolute atomic E-state index is 12.2. The molecule has 1 N–H and O–H groups in total. The van der Waals surface area contributed by atoms with Gasteiger partial charge in [-0.05, 0) is 40.0 Å². The van der Waals surface area contributed by atoms with E-state index >= 15 is 0 Å². The Balaban J connectivity index is 2.00. The summed E-state index contributed by atoms with van der Waals surface area (Å²) in [5.41, 5.74) is 1.22. The van der Waals surface area contributed by atoms with E-state index in [-0.39, 0.29) is 11.9 Å². The first-order valence-electron chi connectivity index (χ1n) is 7.39. The van der Waals surface area contributed by atoms with Gasteiger partial charge in [-0.3, -0.25) is 9.52 Å². The largest absolute Gasteiger partial charge is 0.377 e. The van der Waals surface area contributed by atoms with Gasteiger partial charge in [0, 0.05) is 12.2 Å². The molecule has 0 bridgehead atoms. The topological polar surface area (TPSA) is 98.5 Å². The van der Waals surface area contributed by atoms with Gasteiger partial charge in [0.1, 0.15) is 5.76 Å². The minimum atomic E-state index is -3.72. The predicted octanol–water partition coefficient (Wildman–Crippen LogP) is 1.41. The van der Waals surface area contributed by atoms with Crippen molar-refractivity contribution in [3.63, 3.8) is 0 Å². The molecule has 2 atom stereocenters. The molecule has 0 aromatic carbocycles. The summed E-state index contributed by atoms with van der Waals surface area (Å²) in [6, 6.07) is 0. The summed E-state index contributed by atoms with van der Waals surface area (Å²) < 4.78 is 36.8. The third-order valence-electron chi connectivity index (χ3n) is 3.85. The van der Waals surface area contributed by atoms with E-state index < -0.39 is 21.8 Å². The molecule has 1 aliphatic rings. The van der Waals surface area contributed by atoms with E-state index in [9.17, 15) is 13.2 Å². The van der Waals surface area contributed by atoms with Crippen molar-refractivity contribution in [2.24, 2.45) is 0 Å². The Labute approximate surface area is 130 Å². The Morgan fingerprint density at radius 2 is 2.14 bits per heavy atom. The first-order chi connectivity index (χ1) is 10.3. The third kappa shape index (κ3) is 4.07. The van der Waals surface area contributed by atoms with Crippen LogP contribution < -0.4 is 4.72 Å². The fraction of sp³-hybridized carbons (Fsp3) is 0.714. The zero-order valence-electron chi connectivity index (χ0n) is 13.1. The van der Waals surface area contributed by atoms with Crippen molar-refractivity contribution >= 4 is 15.9 Å². The fourth-order valence-corrected chi connectivity index (χ4v) is 4.03. The number of sulfonamides is 1. The molecule has 124 valence electrons. The quantitative estimate of drug-likeness (QED) is 0.876. The minimum absolute atomic E-state index is 0.187. The van der Waals surface area contributed by atoms with E-state index in [0.29, 0.717) is 30.0 Å². The molecule has 1 aromatic rings. The van der Waals surface area contributed by atoms with Crippen LogP contribution >= 0.6 is 0 Å². The summed E-state index contributed by atoms with van der Waals surface area (Å²) >= 11 is 0. The van der Waals surface area contributed by atoms with Crippen molar-refractivity contribution < 1.29 is 22.5 Å². The highest BCUT2D eigenvalue weighted by Gasteiger charge is 2.28. The van der Waals surface area contributed by atoms with Gasteiger partial charge in [0.05, 0.1) is 23.5 Å². The molecule has 0 unspecified atom stereocenters. The summed E-state index contributed by atoms with van der Waals surface area (Å²) in [4.78, 5) is 12.2. The molecular formula is C14H22N2O5S. The molecule has 22 heavy (non-hydrogen) atoms. The first kappa shape index (κ1) is 17.0. The Hall–Kier alpha value is -1.41. The van der Waals surface area contributed by atoms with Crippen molar-refractivity contribution in [1.82, 2.24) is 9.88 Å². The Morgan fingerprint density at radius 3 is 2.68 bits per heavy atom. The van der Waals surface area contributed by atoms with Gasteiger partial charge < -0.3 is 9.26 Å². The second-order valence-electron chi connectivity index (χ2n) is 5.70. The first-order valence-corrected chi connectivity index (χ1v) is 9.04. The average molecular weight is 330 g/mol. The van der Waals surface area contributed by atoms with Gasteiger partial charge in [-0.1, -0.05) is 5.16 Å². The molecule has 0 spiro atoms. The molecule has 2 heterocycles. The number of aryl methyl sites for hydroxylation is 2. The minimum Gasteiger partial charge on any atom is -0.377 e. The lowest BCUT2D eigenvalue weighted by atomic mass is 9.99. The van der Waals surface area contributed by atoms with E-state index in [1.807, 2.05) is 0 Å². The van der Waals surface area contributed by atoms with Crippen LogP contribution in [0, 0.1) is 13.8 Å². The normalized spacial score (nSPS) is 20.6. The number of hydrogen-bond donors (Lipinski definition) is 1. The van der Waals surface area contributed by atoms with Crippen molar-refractivity contribution in [2.75, 3.05) is 12.4 Å². The van der Waals surface area contributed by atoms with Crippen LogP contribution in [0.25, 0.3) is 0 Å². The zero-order chi connectivity index (χ0) is 16.3. The fourth-order valence-electron chi connectivity index (χ4n) is 2.71. The average Bonchev–Trinajstić information content (AvgIpc) is 2.77. The number of rotatable bonds is 5. The standard InChI is InChI=1S/C14H22N2O5S/c1-9(13-10(2)15-21-11(13)3)14(17)16-22(18,19)8-12-6-4-5-7-20-12/h9,12H,4-8H2,1-3H3,(H,16,17)/t9-,12-/m1/s1. The smallest absolute Gasteiger partial charge is 0.240 e. The highest BCUT2D eigenvalue weighted by atomic mass is 32.2. The number of ether oxygens (including phenoxy) is 1. The lowest BCUT2D eigenvalue weighted by molar-refractivity contribution is -0.120. The van der Waals surface area contributed by atoms with E-state index in [2.05, 4.69) is 9.88 Å². The van der Waals surface area contributed by atoms with Crippen LogP contribution in [0.3, 0.4) is 0 Å². The van der Waals surface area contributed by atoms with E-state index in [0.717, 1.165) is 12.8 Å². The van der Waals surface area contributed by atoms with Gasteiger partial charge in [0.2, 0.25) is 15.9 Å². The summed E-state index contributed by atoms with van der Waals surface area (Å²) in [6.07, 6.45) is 2.26. The van der Waals surface area contributed by atoms with Crippen LogP contribution in [0.5, 0.6) is 0 Å². The third-order valence-corrected chi connectivity index (χ3v) is 5.17. The van der Waals surface area contributed by atoms with Crippen LogP contribution in [-0.4, -0.2) is 37.9 Å². The van der Waals surface area contributed by atoms with Gasteiger partial charge in [0.25, 0.3) is 0 Å². The number of carbonyl (C=O) groups is 1. The van der Waals surface area contributed by atoms with Crippen molar-refractivity contribution in [1.29, 1.82) is 0 Å². The highest BCUT2D eigenvalue weighted by Crippen LogP contribution is 2.23. The van der Waals surface area contributed by atoms with E-state index in [1.165, 1.54) is 0 Å². The summed E-state index contributed by atoms with van der Waals surface area (Å²) in [5, 5.41) is 3.79. The van der Waals surface area contributed by atoms with Gasteiger partial charge >= 0.3 is 0 Å². The molecule has 1 aromatic heterocycles. The van der Waals surface area contributed by atoms with E-state index in [4.69, 9.17) is 9.26 Å². The van der Waals surface area contributed by atoms with Crippen molar-refractivity contribution in [3.05, 3.63) is 17.0 Å². The van der Waals surface area contributed by atoms with Crippen LogP contribution in [0.1, 0.15) is 49.1 Å². The maximum atomic E-state index is 12.2. The number of amides is 1. The molecular weight excluding hydrogens is 308 g/mol. The van der Waals surface area contributed by atoms with Gasteiger partial charge in [-0.15, -0.1) is 0 Å². The summed E-state index contributed by atoms with van der Waals surface area (Å²) in [6.45, 7) is 5.63. The molecule has 8 heteroatoms. The predicted molar refractivity (Wildman–Crippen MR) is 79.9 cm³/mol. The van der Waals surface area contributed by atoms with Crippen LogP contribution in [0.4, 0.5) is 0 Å². The van der Waals surface area contributed by atoms with Gasteiger partial charge in [0.15, 0.2) is 0 Å². The molecule has 2 rings (SSSR count). The molecule has 1 aliphatic heterocycles. The van der Waals surface area contributed by atoms with Crippen molar-refractivity contribution in [3.8, 4) is 0 Å². The van der Waals surface area contributed by atoms with Crippen molar-refractivity contribution in [2.45, 2.75) is 52.1 Å². The molecule has 1 fully saturated rings. The summed E-state index contributed by atoms with van der Waals surface area (Å²) in [5.74, 6) is -0.890. The lowest BCUT2D eigenvalue weighted by Gasteiger charge is -2.22. The van der Waals surface area contributed by atoms with E-state index in [1.54, 1.807) is 20.8 Å². The molecule has 0 aliphatic carbocycles. The Morgan fingerprint density at radius 1 is 1.41 bits per heavy atom. The summed E-state index contributed by atoms with van der Waals surface area (Å²) in [7, 11) is -3.72. The number of hydrogen-bond acceptors (Lipinski definition) is 6. The number of nitrogens with one attached hydrogen (secondary N) is 1. The molecule has 0 radical (unpaired) electrons. The number of carbonyl (C=O) groups excluding carboxylic acids is 1. The number of aromatic nitrogens is 1. The highest BCUT2D eigenvalue weighted by molar-refractivity contribution is 7.90. The van der Waals surface area contributed by atoms with Gasteiger partial charge in [-0.25, -0.2) is 8.42 Å². The van der Waals surface area contributed by atoms with Crippen LogP contribution in [-0.2, 0) is 19.6 Å². The Bertz CT molecular complexity index is 612. The molecule has 1 amide bonds. The van der Waals surface area contributed by atoms with Gasteiger partial charge in [-0.2, -0.15) is 0 Å². The van der Waals surface area contributed by atoms with Crippen LogP contribution in [0.15, 0.2) is 4.52 Å². The lowest BCUT2D eigenvalue weighted by Crippen LogP contribution is -2.40. The number of nitrogens with zero attached hydrogens (tertiary/aromatic N) is 1. The van der Waals surface area contributed by atoms with Crippen LogP contribution in [0.2, 0.25) is 0 Å². The molecule has 1 saturated heterocycles. The molecule has 0 saturated carbocycles. The SMILES string of the molecule is Cc1noc(C)c1[C@@H](C)C(=O)NS(=O)(=O)C[C@H]1CCCCO1. The molecule has 7 nitrogen and oxygen atoms in total. The zero-order valence-corrected chi connectivity index (χ0v) is 13.9. The Kier molecular flexibility index (Phi) is 5.23. The maximum Gasteiger partial charge on any atom is 0.240 e. The second kappa shape index (κ2) is 6.78.